The molecule has 0 radical (unpaired) electrons. The summed E-state index contributed by atoms with van der Waals surface area (Å²) in [5.74, 6) is 1.64. The maximum atomic E-state index is 12.6. The topological polar surface area (TPSA) is 85.0 Å². The molecule has 0 N–H and O–H groups in total. The third kappa shape index (κ3) is 5.25. The third-order valence-electron chi connectivity index (χ3n) is 5.29. The molecule has 3 heterocycles. The van der Waals surface area contributed by atoms with Gasteiger partial charge in [-0.15, -0.1) is 0 Å². The van der Waals surface area contributed by atoms with Crippen molar-refractivity contribution in [3.8, 4) is 11.5 Å². The molecular formula is C22H25N5O2. The van der Waals surface area contributed by atoms with Gasteiger partial charge < -0.3 is 9.42 Å². The molecule has 0 bridgehead atoms. The minimum Gasteiger partial charge on any atom is -0.342 e. The van der Waals surface area contributed by atoms with E-state index in [0.717, 1.165) is 38.8 Å². The molecule has 29 heavy (non-hydrogen) atoms. The number of hydrogen-bond acceptors (Lipinski definition) is 6. The maximum absolute atomic E-state index is 12.6. The summed E-state index contributed by atoms with van der Waals surface area (Å²) in [7, 11) is 0. The van der Waals surface area contributed by atoms with Crippen molar-refractivity contribution in [2.45, 2.75) is 38.5 Å². The lowest BCUT2D eigenvalue weighted by Crippen LogP contribution is -2.40. The lowest BCUT2D eigenvalue weighted by Gasteiger charge is -2.32. The van der Waals surface area contributed by atoms with Gasteiger partial charge in [0.2, 0.25) is 17.6 Å². The molecular weight excluding hydrogens is 366 g/mol. The van der Waals surface area contributed by atoms with Crippen LogP contribution in [0.4, 0.5) is 0 Å². The first-order valence-electron chi connectivity index (χ1n) is 10.2. The normalized spacial score (nSPS) is 16.7. The fourth-order valence-corrected chi connectivity index (χ4v) is 3.81. The highest BCUT2D eigenvalue weighted by Crippen LogP contribution is 2.22. The van der Waals surface area contributed by atoms with Crippen LogP contribution in [0, 0.1) is 5.92 Å². The van der Waals surface area contributed by atoms with Crippen LogP contribution in [0.3, 0.4) is 0 Å². The maximum Gasteiger partial charge on any atom is 0.227 e. The first kappa shape index (κ1) is 19.2. The molecule has 1 amide bonds. The van der Waals surface area contributed by atoms with Crippen LogP contribution in [0.5, 0.6) is 0 Å². The fourth-order valence-electron chi connectivity index (χ4n) is 3.81. The van der Waals surface area contributed by atoms with Crippen LogP contribution in [0.25, 0.3) is 11.5 Å². The van der Waals surface area contributed by atoms with Crippen molar-refractivity contribution in [1.82, 2.24) is 25.0 Å². The van der Waals surface area contributed by atoms with Crippen LogP contribution in [0.2, 0.25) is 0 Å². The Morgan fingerprint density at radius 3 is 2.93 bits per heavy atom. The molecule has 3 aromatic rings. The Kier molecular flexibility index (Phi) is 6.24. The number of nitrogens with zero attached hydrogens (tertiary/aromatic N) is 5. The number of benzene rings is 1. The number of carbonyl (C=O) groups is 1. The Morgan fingerprint density at radius 1 is 1.21 bits per heavy atom. The van der Waals surface area contributed by atoms with E-state index in [1.54, 1.807) is 18.6 Å². The van der Waals surface area contributed by atoms with Crippen LogP contribution < -0.4 is 0 Å². The Bertz CT molecular complexity index is 913. The summed E-state index contributed by atoms with van der Waals surface area (Å²) in [5.41, 5.74) is 1.88. The minimum absolute atomic E-state index is 0.247. The zero-order chi connectivity index (χ0) is 19.9. The largest absolute Gasteiger partial charge is 0.342 e. The number of rotatable bonds is 7. The van der Waals surface area contributed by atoms with Crippen LogP contribution in [-0.4, -0.2) is 44.0 Å². The molecule has 1 atom stereocenters. The number of aryl methyl sites for hydroxylation is 1. The van der Waals surface area contributed by atoms with E-state index in [1.165, 1.54) is 5.56 Å². The third-order valence-corrected chi connectivity index (χ3v) is 5.29. The van der Waals surface area contributed by atoms with Gasteiger partial charge in [-0.1, -0.05) is 35.5 Å². The van der Waals surface area contributed by atoms with Gasteiger partial charge in [0.15, 0.2) is 0 Å². The van der Waals surface area contributed by atoms with Crippen molar-refractivity contribution in [3.05, 3.63) is 60.4 Å². The second-order valence-corrected chi connectivity index (χ2v) is 7.49. The molecule has 0 aliphatic carbocycles. The van der Waals surface area contributed by atoms with E-state index in [-0.39, 0.29) is 5.91 Å². The van der Waals surface area contributed by atoms with Gasteiger partial charge in [-0.05, 0) is 37.2 Å². The lowest BCUT2D eigenvalue weighted by molar-refractivity contribution is -0.133. The standard InChI is InChI=1S/C22H25N5O2/c28-21(10-4-8-17-6-2-1-3-7-17)27-13-5-9-18(16-27)14-20-25-22(26-29-20)19-15-23-11-12-24-19/h1-3,6-7,11-12,15,18H,4-5,8-10,13-14,16H2/t18-/m0/s1. The van der Waals surface area contributed by atoms with Crippen LogP contribution in [0.1, 0.15) is 37.1 Å². The van der Waals surface area contributed by atoms with Gasteiger partial charge in [0.1, 0.15) is 5.69 Å². The molecule has 0 saturated carbocycles. The van der Waals surface area contributed by atoms with E-state index >= 15 is 0 Å². The highest BCUT2D eigenvalue weighted by atomic mass is 16.5. The van der Waals surface area contributed by atoms with E-state index in [1.807, 2.05) is 23.1 Å². The monoisotopic (exact) mass is 391 g/mol. The van der Waals surface area contributed by atoms with Crippen molar-refractivity contribution in [2.75, 3.05) is 13.1 Å². The second-order valence-electron chi connectivity index (χ2n) is 7.49. The number of aromatic nitrogens is 4. The summed E-state index contributed by atoms with van der Waals surface area (Å²) in [5, 5.41) is 4.01. The summed E-state index contributed by atoms with van der Waals surface area (Å²) in [6.45, 7) is 1.60. The van der Waals surface area contributed by atoms with Crippen molar-refractivity contribution in [3.63, 3.8) is 0 Å². The molecule has 0 unspecified atom stereocenters. The quantitative estimate of drug-likeness (QED) is 0.614. The summed E-state index contributed by atoms with van der Waals surface area (Å²) < 4.78 is 5.40. The number of amides is 1. The van der Waals surface area contributed by atoms with Crippen molar-refractivity contribution in [1.29, 1.82) is 0 Å². The smallest absolute Gasteiger partial charge is 0.227 e. The summed E-state index contributed by atoms with van der Waals surface area (Å²) in [6, 6.07) is 10.3. The molecule has 1 aliphatic rings. The zero-order valence-corrected chi connectivity index (χ0v) is 16.4. The van der Waals surface area contributed by atoms with E-state index in [0.29, 0.717) is 36.2 Å². The highest BCUT2D eigenvalue weighted by Gasteiger charge is 2.25. The fraction of sp³-hybridized carbons (Fsp3) is 0.409. The predicted molar refractivity (Wildman–Crippen MR) is 108 cm³/mol. The summed E-state index contributed by atoms with van der Waals surface area (Å²) >= 11 is 0. The average Bonchev–Trinajstić information content (AvgIpc) is 3.24. The van der Waals surface area contributed by atoms with Gasteiger partial charge in [-0.3, -0.25) is 9.78 Å². The number of carbonyl (C=O) groups excluding carboxylic acids is 1. The molecule has 1 fully saturated rings. The summed E-state index contributed by atoms with van der Waals surface area (Å²) in [6.07, 6.45) is 10.0. The Morgan fingerprint density at radius 2 is 2.10 bits per heavy atom. The highest BCUT2D eigenvalue weighted by molar-refractivity contribution is 5.76. The van der Waals surface area contributed by atoms with Gasteiger partial charge in [-0.25, -0.2) is 4.98 Å². The van der Waals surface area contributed by atoms with Crippen LogP contribution in [0.15, 0.2) is 53.4 Å². The Hall–Kier alpha value is -3.09. The van der Waals surface area contributed by atoms with Gasteiger partial charge in [0, 0.05) is 38.3 Å². The summed E-state index contributed by atoms with van der Waals surface area (Å²) in [4.78, 5) is 27.3. The SMILES string of the molecule is O=C(CCCc1ccccc1)N1CCC[C@@H](Cc2nc(-c3cnccn3)no2)C1. The molecule has 150 valence electrons. The van der Waals surface area contributed by atoms with Crippen LogP contribution >= 0.6 is 0 Å². The predicted octanol–water partition coefficient (Wildman–Crippen LogP) is 3.33. The Balaban J connectivity index is 1.27. The van der Waals surface area contributed by atoms with Gasteiger partial charge >= 0.3 is 0 Å². The van der Waals surface area contributed by atoms with Crippen molar-refractivity contribution >= 4 is 5.91 Å². The average molecular weight is 391 g/mol. The van der Waals surface area contributed by atoms with Crippen molar-refractivity contribution < 1.29 is 9.32 Å². The van der Waals surface area contributed by atoms with Gasteiger partial charge in [-0.2, -0.15) is 4.98 Å². The first-order chi connectivity index (χ1) is 14.3. The number of likely N-dealkylation sites (tertiary alicyclic amines) is 1. The van der Waals surface area contributed by atoms with E-state index in [4.69, 9.17) is 4.52 Å². The number of piperidine rings is 1. The molecule has 7 nitrogen and oxygen atoms in total. The second kappa shape index (κ2) is 9.41. The Labute approximate surface area is 170 Å². The van der Waals surface area contributed by atoms with E-state index < -0.39 is 0 Å². The molecule has 4 rings (SSSR count). The van der Waals surface area contributed by atoms with E-state index in [9.17, 15) is 4.79 Å². The van der Waals surface area contributed by atoms with Crippen LogP contribution in [-0.2, 0) is 17.6 Å². The molecule has 1 saturated heterocycles. The van der Waals surface area contributed by atoms with Gasteiger partial charge in [0.05, 0.1) is 6.20 Å². The van der Waals surface area contributed by atoms with E-state index in [2.05, 4.69) is 32.2 Å². The molecule has 1 aromatic carbocycles. The minimum atomic E-state index is 0.247. The number of hydrogen-bond donors (Lipinski definition) is 0. The molecule has 0 spiro atoms. The van der Waals surface area contributed by atoms with Gasteiger partial charge in [0.25, 0.3) is 0 Å². The molecule has 2 aromatic heterocycles. The zero-order valence-electron chi connectivity index (χ0n) is 16.4. The lowest BCUT2D eigenvalue weighted by atomic mass is 9.94. The molecule has 7 heteroatoms. The van der Waals surface area contributed by atoms with Crippen molar-refractivity contribution in [2.24, 2.45) is 5.92 Å². The first-order valence-corrected chi connectivity index (χ1v) is 10.2. The molecule has 1 aliphatic heterocycles.